The van der Waals surface area contributed by atoms with E-state index >= 15 is 0 Å². The molecule has 1 aliphatic rings. The molecule has 0 radical (unpaired) electrons. The van der Waals surface area contributed by atoms with Gasteiger partial charge in [0.15, 0.2) is 0 Å². The summed E-state index contributed by atoms with van der Waals surface area (Å²) in [7, 11) is 0. The van der Waals surface area contributed by atoms with Gasteiger partial charge in [0.1, 0.15) is 5.82 Å². The summed E-state index contributed by atoms with van der Waals surface area (Å²) in [4.78, 5) is 0. The number of benzene rings is 2. The minimum atomic E-state index is -0.236. The lowest BCUT2D eigenvalue weighted by molar-refractivity contribution is 0.266. The van der Waals surface area contributed by atoms with E-state index in [0.717, 1.165) is 24.2 Å². The van der Waals surface area contributed by atoms with Gasteiger partial charge < -0.3 is 5.32 Å². The van der Waals surface area contributed by atoms with E-state index in [1.807, 2.05) is 18.2 Å². The van der Waals surface area contributed by atoms with E-state index in [9.17, 15) is 4.39 Å². The fourth-order valence-electron chi connectivity index (χ4n) is 2.77. The Morgan fingerprint density at radius 1 is 1.10 bits per heavy atom. The van der Waals surface area contributed by atoms with Gasteiger partial charge in [-0.1, -0.05) is 41.4 Å². The molecular formula is C16H14Cl2FN. The predicted octanol–water partition coefficient (Wildman–Crippen LogP) is 4.22. The summed E-state index contributed by atoms with van der Waals surface area (Å²) in [6, 6.07) is 12.4. The lowest BCUT2D eigenvalue weighted by Crippen LogP contribution is -2.58. The van der Waals surface area contributed by atoms with Gasteiger partial charge >= 0.3 is 0 Å². The highest BCUT2D eigenvalue weighted by atomic mass is 35.5. The summed E-state index contributed by atoms with van der Waals surface area (Å²) in [6.45, 7) is 1.49. The van der Waals surface area contributed by atoms with Crippen LogP contribution >= 0.6 is 23.2 Å². The summed E-state index contributed by atoms with van der Waals surface area (Å²) in [5.41, 5.74) is 1.47. The van der Waals surface area contributed by atoms with Gasteiger partial charge in [-0.05, 0) is 41.8 Å². The number of hydrogen-bond acceptors (Lipinski definition) is 1. The fourth-order valence-corrected chi connectivity index (χ4v) is 3.15. The molecule has 0 atom stereocenters. The first-order valence-corrected chi connectivity index (χ1v) is 7.26. The van der Waals surface area contributed by atoms with Crippen LogP contribution < -0.4 is 5.32 Å². The summed E-state index contributed by atoms with van der Waals surface area (Å²) in [5.74, 6) is -0.160. The maximum absolute atomic E-state index is 14.1. The Hall–Kier alpha value is -1.09. The summed E-state index contributed by atoms with van der Waals surface area (Å²) in [6.07, 6.45) is 0.681. The molecular weight excluding hydrogens is 296 g/mol. The van der Waals surface area contributed by atoms with Crippen molar-refractivity contribution in [2.75, 3.05) is 13.1 Å². The molecule has 0 saturated carbocycles. The van der Waals surface area contributed by atoms with Crippen molar-refractivity contribution in [3.63, 3.8) is 0 Å². The summed E-state index contributed by atoms with van der Waals surface area (Å²) >= 11 is 12.3. The molecule has 0 aromatic heterocycles. The average molecular weight is 310 g/mol. The van der Waals surface area contributed by atoms with E-state index in [4.69, 9.17) is 23.2 Å². The van der Waals surface area contributed by atoms with Crippen LogP contribution in [-0.4, -0.2) is 13.1 Å². The Labute approximate surface area is 127 Å². The Bertz CT molecular complexity index is 638. The standard InChI is InChI=1S/C16H14Cl2FN/c17-12-5-6-14(18)11(7-12)8-16(9-20-10-16)13-3-1-2-4-15(13)19/h1-7,20H,8-10H2. The van der Waals surface area contributed by atoms with Crippen LogP contribution in [-0.2, 0) is 11.8 Å². The van der Waals surface area contributed by atoms with Gasteiger partial charge in [0, 0.05) is 28.5 Å². The van der Waals surface area contributed by atoms with Crippen molar-refractivity contribution in [3.05, 3.63) is 69.5 Å². The molecule has 1 N–H and O–H groups in total. The maximum atomic E-state index is 14.1. The third-order valence-corrected chi connectivity index (χ3v) is 4.51. The Kier molecular flexibility index (Phi) is 3.72. The molecule has 104 valence electrons. The van der Waals surface area contributed by atoms with Crippen molar-refractivity contribution in [1.29, 1.82) is 0 Å². The zero-order chi connectivity index (χ0) is 14.2. The first-order chi connectivity index (χ1) is 9.61. The molecule has 0 aliphatic carbocycles. The highest BCUT2D eigenvalue weighted by Gasteiger charge is 2.40. The maximum Gasteiger partial charge on any atom is 0.127 e. The van der Waals surface area contributed by atoms with E-state index in [1.165, 1.54) is 6.07 Å². The van der Waals surface area contributed by atoms with Crippen LogP contribution in [0, 0.1) is 5.82 Å². The SMILES string of the molecule is Fc1ccccc1C1(Cc2cc(Cl)ccc2Cl)CNC1. The van der Waals surface area contributed by atoms with Gasteiger partial charge in [-0.25, -0.2) is 4.39 Å². The van der Waals surface area contributed by atoms with Crippen LogP contribution in [0.1, 0.15) is 11.1 Å². The molecule has 1 heterocycles. The molecule has 1 saturated heterocycles. The zero-order valence-corrected chi connectivity index (χ0v) is 12.3. The molecule has 1 aliphatic heterocycles. The molecule has 0 spiro atoms. The molecule has 0 amide bonds. The molecule has 2 aromatic rings. The number of rotatable bonds is 3. The summed E-state index contributed by atoms with van der Waals surface area (Å²) < 4.78 is 14.1. The Morgan fingerprint density at radius 3 is 2.50 bits per heavy atom. The van der Waals surface area contributed by atoms with Gasteiger partial charge in [-0.2, -0.15) is 0 Å². The first kappa shape index (κ1) is 13.9. The van der Waals surface area contributed by atoms with Crippen molar-refractivity contribution in [1.82, 2.24) is 5.32 Å². The van der Waals surface area contributed by atoms with Crippen LogP contribution in [0.25, 0.3) is 0 Å². The third-order valence-electron chi connectivity index (χ3n) is 3.91. The van der Waals surface area contributed by atoms with Gasteiger partial charge in [0.05, 0.1) is 0 Å². The zero-order valence-electron chi connectivity index (χ0n) is 10.8. The highest BCUT2D eigenvalue weighted by Crippen LogP contribution is 2.36. The van der Waals surface area contributed by atoms with Crippen LogP contribution in [0.4, 0.5) is 4.39 Å². The van der Waals surface area contributed by atoms with Gasteiger partial charge in [0.2, 0.25) is 0 Å². The van der Waals surface area contributed by atoms with E-state index in [0.29, 0.717) is 16.5 Å². The number of halogens is 3. The van der Waals surface area contributed by atoms with Crippen molar-refractivity contribution in [3.8, 4) is 0 Å². The van der Waals surface area contributed by atoms with Crippen LogP contribution in [0.15, 0.2) is 42.5 Å². The van der Waals surface area contributed by atoms with Gasteiger partial charge in [-0.3, -0.25) is 0 Å². The van der Waals surface area contributed by atoms with Gasteiger partial charge in [-0.15, -0.1) is 0 Å². The van der Waals surface area contributed by atoms with Crippen molar-refractivity contribution < 1.29 is 4.39 Å². The van der Waals surface area contributed by atoms with Crippen LogP contribution in [0.3, 0.4) is 0 Å². The predicted molar refractivity (Wildman–Crippen MR) is 81.1 cm³/mol. The summed E-state index contributed by atoms with van der Waals surface area (Å²) in [5, 5.41) is 4.57. The quantitative estimate of drug-likeness (QED) is 0.895. The van der Waals surface area contributed by atoms with E-state index in [1.54, 1.807) is 18.2 Å². The Morgan fingerprint density at radius 2 is 1.85 bits per heavy atom. The second kappa shape index (κ2) is 5.36. The largest absolute Gasteiger partial charge is 0.315 e. The van der Waals surface area contributed by atoms with E-state index in [2.05, 4.69) is 5.32 Å². The lowest BCUT2D eigenvalue weighted by Gasteiger charge is -2.43. The highest BCUT2D eigenvalue weighted by molar-refractivity contribution is 6.33. The molecule has 4 heteroatoms. The van der Waals surface area contributed by atoms with Crippen molar-refractivity contribution in [2.45, 2.75) is 11.8 Å². The second-order valence-corrected chi connectivity index (χ2v) is 6.12. The molecule has 0 unspecified atom stereocenters. The smallest absolute Gasteiger partial charge is 0.127 e. The van der Waals surface area contributed by atoms with Crippen LogP contribution in [0.5, 0.6) is 0 Å². The molecule has 1 nitrogen and oxygen atoms in total. The molecule has 3 rings (SSSR count). The minimum absolute atomic E-state index is 0.160. The van der Waals surface area contributed by atoms with Gasteiger partial charge in [0.25, 0.3) is 0 Å². The first-order valence-electron chi connectivity index (χ1n) is 6.50. The molecule has 2 aromatic carbocycles. The second-order valence-electron chi connectivity index (χ2n) is 5.28. The average Bonchev–Trinajstić information content (AvgIpc) is 2.39. The third kappa shape index (κ3) is 2.44. The van der Waals surface area contributed by atoms with Crippen LogP contribution in [0.2, 0.25) is 10.0 Å². The monoisotopic (exact) mass is 309 g/mol. The molecule has 1 fully saturated rings. The minimum Gasteiger partial charge on any atom is -0.315 e. The Balaban J connectivity index is 1.98. The van der Waals surface area contributed by atoms with Crippen molar-refractivity contribution in [2.24, 2.45) is 0 Å². The number of hydrogen-bond donors (Lipinski definition) is 1. The van der Waals surface area contributed by atoms with E-state index in [-0.39, 0.29) is 11.2 Å². The molecule has 0 bridgehead atoms. The normalized spacial score (nSPS) is 16.8. The topological polar surface area (TPSA) is 12.0 Å². The lowest BCUT2D eigenvalue weighted by atomic mass is 9.71. The fraction of sp³-hybridized carbons (Fsp3) is 0.250. The number of nitrogens with one attached hydrogen (secondary N) is 1. The van der Waals surface area contributed by atoms with E-state index < -0.39 is 0 Å². The molecule has 20 heavy (non-hydrogen) atoms. The van der Waals surface area contributed by atoms with Crippen molar-refractivity contribution >= 4 is 23.2 Å².